The van der Waals surface area contributed by atoms with Crippen LogP contribution >= 0.6 is 15.9 Å². The van der Waals surface area contributed by atoms with Crippen molar-refractivity contribution in [3.63, 3.8) is 0 Å². The van der Waals surface area contributed by atoms with Gasteiger partial charge in [0.05, 0.1) is 11.6 Å². The third-order valence-electron chi connectivity index (χ3n) is 1.59. The molecule has 1 aromatic rings. The topological polar surface area (TPSA) is 41.5 Å². The van der Waals surface area contributed by atoms with Gasteiger partial charge in [0.25, 0.3) is 0 Å². The summed E-state index contributed by atoms with van der Waals surface area (Å²) in [7, 11) is 1.45. The van der Waals surface area contributed by atoms with Crippen molar-refractivity contribution < 1.29 is 14.3 Å². The van der Waals surface area contributed by atoms with E-state index in [0.29, 0.717) is 15.8 Å². The molecule has 2 N–H and O–H groups in total. The Morgan fingerprint density at radius 1 is 1.62 bits per heavy atom. The Bertz CT molecular complexity index is 306. The molecule has 1 aromatic carbocycles. The molecular weight excluding hydrogens is 241 g/mol. The highest BCUT2D eigenvalue weighted by molar-refractivity contribution is 9.10. The molecule has 0 saturated heterocycles. The summed E-state index contributed by atoms with van der Waals surface area (Å²) < 4.78 is 18.2. The predicted octanol–water partition coefficient (Wildman–Crippen LogP) is 2.08. The highest BCUT2D eigenvalue weighted by atomic mass is 79.9. The number of ether oxygens (including phenoxy) is 1. The van der Waals surface area contributed by atoms with Gasteiger partial charge in [0.15, 0.2) is 0 Å². The summed E-state index contributed by atoms with van der Waals surface area (Å²) in [6.07, 6.45) is 0. The normalized spacial score (nSPS) is 10.2. The van der Waals surface area contributed by atoms with Crippen molar-refractivity contribution in [3.8, 4) is 5.75 Å². The lowest BCUT2D eigenvalue weighted by molar-refractivity contribution is 0.160. The molecule has 13 heavy (non-hydrogen) atoms. The van der Waals surface area contributed by atoms with Gasteiger partial charge in [0.1, 0.15) is 11.6 Å². The van der Waals surface area contributed by atoms with E-state index < -0.39 is 5.82 Å². The Labute approximate surface area is 83.6 Å². The third-order valence-corrected chi connectivity index (χ3v) is 2.20. The van der Waals surface area contributed by atoms with E-state index in [0.717, 1.165) is 0 Å². The highest BCUT2D eigenvalue weighted by Crippen LogP contribution is 2.25. The summed E-state index contributed by atoms with van der Waals surface area (Å²) in [6.45, 7) is 0.210. The highest BCUT2D eigenvalue weighted by Gasteiger charge is 2.07. The number of hydrogen-bond donors (Lipinski definition) is 2. The maximum Gasteiger partial charge on any atom is 0.141 e. The first-order valence-corrected chi connectivity index (χ1v) is 4.37. The second-order valence-corrected chi connectivity index (χ2v) is 3.27. The van der Waals surface area contributed by atoms with Crippen LogP contribution in [0.5, 0.6) is 5.75 Å². The second-order valence-electron chi connectivity index (χ2n) is 2.41. The molecule has 0 aliphatic carbocycles. The molecule has 0 unspecified atom stereocenters. The molecule has 1 rings (SSSR count). The molecule has 0 bridgehead atoms. The minimum atomic E-state index is -0.390. The first-order chi connectivity index (χ1) is 6.19. The predicted molar refractivity (Wildman–Crippen MR) is 49.3 cm³/mol. The molecule has 0 radical (unpaired) electrons. The van der Waals surface area contributed by atoms with Crippen LogP contribution in [0.1, 0.15) is 5.56 Å². The fourth-order valence-electron chi connectivity index (χ4n) is 0.983. The number of methoxy groups -OCH3 is 1. The lowest BCUT2D eigenvalue weighted by Gasteiger charge is -2.08. The van der Waals surface area contributed by atoms with Gasteiger partial charge in [0.2, 0.25) is 0 Å². The molecule has 0 aromatic heterocycles. The minimum absolute atomic E-state index is 0.210. The van der Waals surface area contributed by atoms with Gasteiger partial charge in [-0.2, -0.15) is 0 Å². The van der Waals surface area contributed by atoms with Gasteiger partial charge < -0.3 is 9.94 Å². The largest absolute Gasteiger partial charge is 0.496 e. The SMILES string of the molecule is COc1cc(F)c(Br)cc1CNO. The summed E-state index contributed by atoms with van der Waals surface area (Å²) >= 11 is 3.04. The van der Waals surface area contributed by atoms with E-state index in [-0.39, 0.29) is 6.54 Å². The monoisotopic (exact) mass is 249 g/mol. The first kappa shape index (κ1) is 10.4. The third kappa shape index (κ3) is 2.40. The molecule has 0 aliphatic heterocycles. The number of rotatable bonds is 3. The Morgan fingerprint density at radius 3 is 2.85 bits per heavy atom. The van der Waals surface area contributed by atoms with Crippen LogP contribution in [0.4, 0.5) is 4.39 Å². The Balaban J connectivity index is 3.09. The van der Waals surface area contributed by atoms with Crippen LogP contribution in [0.25, 0.3) is 0 Å². The minimum Gasteiger partial charge on any atom is -0.496 e. The molecule has 0 aliphatic rings. The van der Waals surface area contributed by atoms with Crippen LogP contribution in [0.15, 0.2) is 16.6 Å². The zero-order valence-electron chi connectivity index (χ0n) is 6.97. The molecule has 0 amide bonds. The van der Waals surface area contributed by atoms with Crippen molar-refractivity contribution in [2.75, 3.05) is 7.11 Å². The van der Waals surface area contributed by atoms with E-state index in [1.54, 1.807) is 6.07 Å². The molecule has 3 nitrogen and oxygen atoms in total. The van der Waals surface area contributed by atoms with Gasteiger partial charge in [-0.05, 0) is 22.0 Å². The zero-order valence-corrected chi connectivity index (χ0v) is 8.56. The smallest absolute Gasteiger partial charge is 0.141 e. The Kier molecular flexibility index (Phi) is 3.65. The summed E-state index contributed by atoms with van der Waals surface area (Å²) in [5.41, 5.74) is 2.66. The number of benzene rings is 1. The van der Waals surface area contributed by atoms with E-state index in [1.807, 2.05) is 5.48 Å². The lowest BCUT2D eigenvalue weighted by Crippen LogP contribution is -2.07. The van der Waals surface area contributed by atoms with E-state index in [1.165, 1.54) is 13.2 Å². The molecule has 0 atom stereocenters. The van der Waals surface area contributed by atoms with Crippen molar-refractivity contribution in [1.82, 2.24) is 5.48 Å². The van der Waals surface area contributed by atoms with Crippen LogP contribution < -0.4 is 10.2 Å². The van der Waals surface area contributed by atoms with E-state index in [2.05, 4.69) is 15.9 Å². The van der Waals surface area contributed by atoms with Crippen LogP contribution in [-0.2, 0) is 6.54 Å². The molecule has 0 fully saturated rings. The lowest BCUT2D eigenvalue weighted by atomic mass is 10.2. The van der Waals surface area contributed by atoms with Crippen molar-refractivity contribution in [1.29, 1.82) is 0 Å². The Morgan fingerprint density at radius 2 is 2.31 bits per heavy atom. The van der Waals surface area contributed by atoms with Crippen molar-refractivity contribution in [2.24, 2.45) is 0 Å². The summed E-state index contributed by atoms with van der Waals surface area (Å²) in [5.74, 6) is 0.0146. The molecule has 0 spiro atoms. The molecule has 72 valence electrons. The van der Waals surface area contributed by atoms with E-state index in [9.17, 15) is 4.39 Å². The van der Waals surface area contributed by atoms with Crippen LogP contribution in [0.2, 0.25) is 0 Å². The number of halogens is 2. The maximum atomic E-state index is 13.0. The van der Waals surface area contributed by atoms with Gasteiger partial charge in [-0.15, -0.1) is 0 Å². The van der Waals surface area contributed by atoms with Gasteiger partial charge in [-0.3, -0.25) is 0 Å². The quantitative estimate of drug-likeness (QED) is 0.807. The fourth-order valence-corrected chi connectivity index (χ4v) is 1.37. The van der Waals surface area contributed by atoms with Crippen molar-refractivity contribution >= 4 is 15.9 Å². The van der Waals surface area contributed by atoms with Crippen molar-refractivity contribution in [2.45, 2.75) is 6.54 Å². The van der Waals surface area contributed by atoms with Gasteiger partial charge in [-0.1, -0.05) is 0 Å². The van der Waals surface area contributed by atoms with E-state index in [4.69, 9.17) is 9.94 Å². The first-order valence-electron chi connectivity index (χ1n) is 3.58. The van der Waals surface area contributed by atoms with Crippen LogP contribution in [0, 0.1) is 5.82 Å². The fraction of sp³-hybridized carbons (Fsp3) is 0.250. The maximum absolute atomic E-state index is 13.0. The van der Waals surface area contributed by atoms with Gasteiger partial charge in [-0.25, -0.2) is 9.87 Å². The standard InChI is InChI=1S/C8H9BrFNO2/c1-13-8-3-7(10)6(9)2-5(8)4-11-12/h2-3,11-12H,4H2,1H3. The van der Waals surface area contributed by atoms with E-state index >= 15 is 0 Å². The summed E-state index contributed by atoms with van der Waals surface area (Å²) in [6, 6.07) is 2.81. The Hall–Kier alpha value is -0.650. The summed E-state index contributed by atoms with van der Waals surface area (Å²) in [5, 5.41) is 8.49. The molecule has 0 heterocycles. The molecular formula is C8H9BrFNO2. The van der Waals surface area contributed by atoms with Crippen LogP contribution in [0.3, 0.4) is 0 Å². The number of nitrogens with one attached hydrogen (secondary N) is 1. The van der Waals surface area contributed by atoms with Gasteiger partial charge in [0, 0.05) is 18.2 Å². The van der Waals surface area contributed by atoms with Gasteiger partial charge >= 0.3 is 0 Å². The second kappa shape index (κ2) is 4.55. The molecule has 0 saturated carbocycles. The number of hydrogen-bond acceptors (Lipinski definition) is 3. The summed E-state index contributed by atoms with van der Waals surface area (Å²) in [4.78, 5) is 0. The van der Waals surface area contributed by atoms with Crippen molar-refractivity contribution in [3.05, 3.63) is 28.0 Å². The zero-order chi connectivity index (χ0) is 9.84. The average Bonchev–Trinajstić information content (AvgIpc) is 2.11. The average molecular weight is 250 g/mol. The number of hydroxylamine groups is 1. The molecule has 5 heteroatoms. The van der Waals surface area contributed by atoms with Crippen LogP contribution in [-0.4, -0.2) is 12.3 Å².